The van der Waals surface area contributed by atoms with Crippen molar-refractivity contribution in [1.29, 1.82) is 0 Å². The van der Waals surface area contributed by atoms with Gasteiger partial charge in [0.2, 0.25) is 0 Å². The van der Waals surface area contributed by atoms with Crippen molar-refractivity contribution >= 4 is 11.6 Å². The topological polar surface area (TPSA) is 50.8 Å². The van der Waals surface area contributed by atoms with Crippen molar-refractivity contribution in [1.82, 2.24) is 5.32 Å². The van der Waals surface area contributed by atoms with Crippen LogP contribution in [-0.4, -0.2) is 51.0 Å². The van der Waals surface area contributed by atoms with E-state index in [1.54, 1.807) is 0 Å². The van der Waals surface area contributed by atoms with Gasteiger partial charge in [-0.05, 0) is 31.0 Å². The van der Waals surface area contributed by atoms with Gasteiger partial charge in [0.25, 0.3) is 5.91 Å². The number of hydrogen-bond acceptors (Lipinski definition) is 4. The maximum atomic E-state index is 12.5. The third-order valence-electron chi connectivity index (χ3n) is 5.06. The highest BCUT2D eigenvalue weighted by molar-refractivity contribution is 5.95. The summed E-state index contributed by atoms with van der Waals surface area (Å²) in [5.74, 6) is 0.553. The monoisotopic (exact) mass is 302 g/mol. The zero-order valence-electron chi connectivity index (χ0n) is 12.7. The van der Waals surface area contributed by atoms with E-state index in [1.165, 1.54) is 0 Å². The maximum Gasteiger partial charge on any atom is 0.251 e. The summed E-state index contributed by atoms with van der Waals surface area (Å²) in [7, 11) is 0. The summed E-state index contributed by atoms with van der Waals surface area (Å²) in [6.07, 6.45) is 2.41. The van der Waals surface area contributed by atoms with E-state index in [0.29, 0.717) is 12.0 Å². The fourth-order valence-electron chi connectivity index (χ4n) is 3.68. The third-order valence-corrected chi connectivity index (χ3v) is 5.06. The largest absolute Gasteiger partial charge is 0.378 e. The number of carbonyl (C=O) groups excluding carboxylic acids is 1. The van der Waals surface area contributed by atoms with Gasteiger partial charge in [0, 0.05) is 42.9 Å². The molecule has 0 bridgehead atoms. The Bertz CT molecular complexity index is 557. The highest BCUT2D eigenvalue weighted by Gasteiger charge is 2.45. The van der Waals surface area contributed by atoms with E-state index in [-0.39, 0.29) is 11.9 Å². The number of fused-ring (bicyclic) bond motifs is 1. The summed E-state index contributed by atoms with van der Waals surface area (Å²) in [6, 6.07) is 8.18. The van der Waals surface area contributed by atoms with Crippen molar-refractivity contribution < 1.29 is 14.3 Å². The minimum atomic E-state index is 0.0328. The van der Waals surface area contributed by atoms with Crippen LogP contribution in [0.2, 0.25) is 0 Å². The van der Waals surface area contributed by atoms with Crippen LogP contribution in [-0.2, 0) is 9.47 Å². The quantitative estimate of drug-likeness (QED) is 0.918. The maximum absolute atomic E-state index is 12.5. The van der Waals surface area contributed by atoms with Crippen LogP contribution in [0.3, 0.4) is 0 Å². The molecule has 0 spiro atoms. The van der Waals surface area contributed by atoms with E-state index >= 15 is 0 Å². The van der Waals surface area contributed by atoms with Gasteiger partial charge in [-0.3, -0.25) is 4.79 Å². The lowest BCUT2D eigenvalue weighted by atomic mass is 9.76. The Hall–Kier alpha value is -1.59. The molecule has 4 rings (SSSR count). The summed E-state index contributed by atoms with van der Waals surface area (Å²) in [6.45, 7) is 4.11. The smallest absolute Gasteiger partial charge is 0.251 e. The molecule has 1 aromatic rings. The summed E-state index contributed by atoms with van der Waals surface area (Å²) >= 11 is 0. The van der Waals surface area contributed by atoms with E-state index in [0.717, 1.165) is 57.0 Å². The summed E-state index contributed by atoms with van der Waals surface area (Å²) in [4.78, 5) is 14.7. The summed E-state index contributed by atoms with van der Waals surface area (Å²) in [5, 5.41) is 3.17. The molecule has 3 atom stereocenters. The molecule has 3 fully saturated rings. The number of hydrogen-bond donors (Lipinski definition) is 1. The first kappa shape index (κ1) is 14.0. The number of anilines is 1. The number of rotatable bonds is 3. The Kier molecular flexibility index (Phi) is 3.76. The predicted molar refractivity (Wildman–Crippen MR) is 83.2 cm³/mol. The first-order valence-electron chi connectivity index (χ1n) is 8.16. The van der Waals surface area contributed by atoms with Crippen LogP contribution in [0.1, 0.15) is 23.2 Å². The average Bonchev–Trinajstić information content (AvgIpc) is 2.94. The lowest BCUT2D eigenvalue weighted by Gasteiger charge is -2.39. The first-order valence-corrected chi connectivity index (χ1v) is 8.16. The van der Waals surface area contributed by atoms with Gasteiger partial charge in [0.05, 0.1) is 19.3 Å². The summed E-state index contributed by atoms with van der Waals surface area (Å²) < 4.78 is 11.0. The number of carbonyl (C=O) groups is 1. The van der Waals surface area contributed by atoms with Crippen LogP contribution >= 0.6 is 0 Å². The van der Waals surface area contributed by atoms with Gasteiger partial charge in [-0.2, -0.15) is 0 Å². The van der Waals surface area contributed by atoms with Crippen LogP contribution in [0.5, 0.6) is 0 Å². The normalized spacial score (nSPS) is 30.5. The molecular weight excluding hydrogens is 280 g/mol. The third kappa shape index (κ3) is 2.59. The van der Waals surface area contributed by atoms with Crippen LogP contribution in [0.25, 0.3) is 0 Å². The van der Waals surface area contributed by atoms with E-state index in [9.17, 15) is 4.79 Å². The molecule has 5 heteroatoms. The van der Waals surface area contributed by atoms with Crippen LogP contribution < -0.4 is 10.2 Å². The lowest BCUT2D eigenvalue weighted by Crippen LogP contribution is -2.53. The zero-order chi connectivity index (χ0) is 14.9. The summed E-state index contributed by atoms with van der Waals surface area (Å²) in [5.41, 5.74) is 1.85. The van der Waals surface area contributed by atoms with Crippen molar-refractivity contribution in [3.63, 3.8) is 0 Å². The Morgan fingerprint density at radius 2 is 2.09 bits per heavy atom. The minimum Gasteiger partial charge on any atom is -0.378 e. The molecule has 3 aliphatic rings. The molecule has 2 heterocycles. The molecule has 1 aliphatic carbocycles. The van der Waals surface area contributed by atoms with Crippen molar-refractivity contribution in [3.05, 3.63) is 29.8 Å². The number of nitrogens with one attached hydrogen (secondary N) is 1. The fourth-order valence-corrected chi connectivity index (χ4v) is 3.68. The number of amides is 1. The lowest BCUT2D eigenvalue weighted by molar-refractivity contribution is 0.00810. The van der Waals surface area contributed by atoms with E-state index in [1.807, 2.05) is 18.2 Å². The van der Waals surface area contributed by atoms with Gasteiger partial charge in [0.1, 0.15) is 0 Å². The SMILES string of the molecule is O=C(NC1CC2OCCC12)c1cccc(N2CCOCC2)c1. The van der Waals surface area contributed by atoms with Gasteiger partial charge >= 0.3 is 0 Å². The molecule has 0 radical (unpaired) electrons. The van der Waals surface area contributed by atoms with E-state index < -0.39 is 0 Å². The molecule has 2 aliphatic heterocycles. The number of nitrogens with zero attached hydrogens (tertiary/aromatic N) is 1. The van der Waals surface area contributed by atoms with Gasteiger partial charge in [-0.25, -0.2) is 0 Å². The molecular formula is C17H22N2O3. The van der Waals surface area contributed by atoms with E-state index in [2.05, 4.69) is 16.3 Å². The van der Waals surface area contributed by atoms with Gasteiger partial charge in [-0.1, -0.05) is 6.07 Å². The second kappa shape index (κ2) is 5.89. The minimum absolute atomic E-state index is 0.0328. The molecule has 1 amide bonds. The van der Waals surface area contributed by atoms with Crippen molar-refractivity contribution in [2.75, 3.05) is 37.8 Å². The molecule has 118 valence electrons. The number of morpholine rings is 1. The van der Waals surface area contributed by atoms with Crippen LogP contribution in [0, 0.1) is 5.92 Å². The van der Waals surface area contributed by atoms with Gasteiger partial charge < -0.3 is 19.7 Å². The van der Waals surface area contributed by atoms with Crippen LogP contribution in [0.4, 0.5) is 5.69 Å². The van der Waals surface area contributed by atoms with Crippen LogP contribution in [0.15, 0.2) is 24.3 Å². The Morgan fingerprint density at radius 3 is 2.91 bits per heavy atom. The molecule has 22 heavy (non-hydrogen) atoms. The standard InChI is InChI=1S/C17H22N2O3/c20-17(18-15-11-16-14(15)4-7-22-16)12-2-1-3-13(10-12)19-5-8-21-9-6-19/h1-3,10,14-16H,4-9,11H2,(H,18,20). The number of benzene rings is 1. The predicted octanol–water partition coefficient (Wildman–Crippen LogP) is 1.43. The Morgan fingerprint density at radius 1 is 1.23 bits per heavy atom. The highest BCUT2D eigenvalue weighted by atomic mass is 16.5. The second-order valence-electron chi connectivity index (χ2n) is 6.33. The molecule has 2 saturated heterocycles. The molecule has 0 aromatic heterocycles. The molecule has 1 aromatic carbocycles. The second-order valence-corrected chi connectivity index (χ2v) is 6.33. The van der Waals surface area contributed by atoms with Crippen molar-refractivity contribution in [2.24, 2.45) is 5.92 Å². The highest BCUT2D eigenvalue weighted by Crippen LogP contribution is 2.38. The molecule has 1 saturated carbocycles. The Labute approximate surface area is 130 Å². The molecule has 5 nitrogen and oxygen atoms in total. The first-order chi connectivity index (χ1) is 10.8. The number of ether oxygens (including phenoxy) is 2. The van der Waals surface area contributed by atoms with E-state index in [4.69, 9.17) is 9.47 Å². The average molecular weight is 302 g/mol. The molecule has 1 N–H and O–H groups in total. The van der Waals surface area contributed by atoms with Crippen molar-refractivity contribution in [3.8, 4) is 0 Å². The fraction of sp³-hybridized carbons (Fsp3) is 0.588. The molecule has 3 unspecified atom stereocenters. The Balaban J connectivity index is 1.42. The van der Waals surface area contributed by atoms with Crippen molar-refractivity contribution in [2.45, 2.75) is 25.0 Å². The van der Waals surface area contributed by atoms with Gasteiger partial charge in [-0.15, -0.1) is 0 Å². The zero-order valence-corrected chi connectivity index (χ0v) is 12.7. The van der Waals surface area contributed by atoms with Gasteiger partial charge in [0.15, 0.2) is 0 Å².